The van der Waals surface area contributed by atoms with Crippen molar-refractivity contribution < 1.29 is 33.5 Å². The fraction of sp³-hybridized carbons (Fsp3) is 0.514. The lowest BCUT2D eigenvalue weighted by atomic mass is 9.71. The molecule has 0 radical (unpaired) electrons. The summed E-state index contributed by atoms with van der Waals surface area (Å²) in [6, 6.07) is 25.7. The Morgan fingerprint density at radius 3 is 1.82 bits per heavy atom. The Balaban J connectivity index is 1.42. The maximum Gasteiger partial charge on any atom is 0.199 e. The van der Waals surface area contributed by atoms with Gasteiger partial charge in [0.1, 0.15) is 17.1 Å². The molecule has 0 aromatic heterocycles. The van der Waals surface area contributed by atoms with Crippen molar-refractivity contribution in [2.24, 2.45) is 0 Å². The Morgan fingerprint density at radius 2 is 1.18 bits per heavy atom. The highest BCUT2D eigenvalue weighted by Crippen LogP contribution is 2.50. The first-order valence-corrected chi connectivity index (χ1v) is 16.5. The van der Waals surface area contributed by atoms with Crippen LogP contribution in [-0.2, 0) is 24.5 Å². The summed E-state index contributed by atoms with van der Waals surface area (Å²) >= 11 is 0. The van der Waals surface area contributed by atoms with Gasteiger partial charge >= 0.3 is 0 Å². The average Bonchev–Trinajstić information content (AvgIpc) is 3.09. The summed E-state index contributed by atoms with van der Waals surface area (Å²) < 4.78 is 37.2. The van der Waals surface area contributed by atoms with E-state index in [0.29, 0.717) is 49.9 Å². The highest BCUT2D eigenvalue weighted by Gasteiger charge is 2.44. The van der Waals surface area contributed by atoms with Crippen molar-refractivity contribution in [1.82, 2.24) is 0 Å². The van der Waals surface area contributed by atoms with Gasteiger partial charge in [0.2, 0.25) is 0 Å². The zero-order valence-electron chi connectivity index (χ0n) is 25.6. The lowest BCUT2D eigenvalue weighted by Gasteiger charge is -2.40. The van der Waals surface area contributed by atoms with Crippen molar-refractivity contribution in [2.75, 3.05) is 26.4 Å². The van der Waals surface area contributed by atoms with Crippen LogP contribution in [0.2, 0.25) is 0 Å². The standard InChI is InChI=1S/C37H46O7/c38-37(28-14-2-1-3-15-28,31-17-5-7-19-33(31)44-36-22-10-13-26-41-36)30(23-27-42-34-20-8-11-24-39-34)29-16-4-6-18-32(29)43-35-21-9-12-25-40-35/h1-7,14-19,30,34-36,38H,8-13,20-27H2. The molecule has 44 heavy (non-hydrogen) atoms. The lowest BCUT2D eigenvalue weighted by Crippen LogP contribution is -2.38. The molecule has 3 saturated heterocycles. The molecule has 3 fully saturated rings. The molecule has 5 atom stereocenters. The Labute approximate surface area is 261 Å². The zero-order valence-corrected chi connectivity index (χ0v) is 25.6. The van der Waals surface area contributed by atoms with Crippen LogP contribution in [0.15, 0.2) is 78.9 Å². The molecule has 0 spiro atoms. The molecule has 1 N–H and O–H groups in total. The minimum Gasteiger partial charge on any atom is -0.465 e. The van der Waals surface area contributed by atoms with Gasteiger partial charge < -0.3 is 33.5 Å². The van der Waals surface area contributed by atoms with Crippen molar-refractivity contribution >= 4 is 0 Å². The molecule has 3 aliphatic heterocycles. The van der Waals surface area contributed by atoms with E-state index in [-0.39, 0.29) is 18.9 Å². The van der Waals surface area contributed by atoms with Crippen LogP contribution >= 0.6 is 0 Å². The van der Waals surface area contributed by atoms with Gasteiger partial charge in [-0.3, -0.25) is 0 Å². The van der Waals surface area contributed by atoms with Crippen LogP contribution in [0.25, 0.3) is 0 Å². The van der Waals surface area contributed by atoms with Crippen molar-refractivity contribution in [1.29, 1.82) is 0 Å². The van der Waals surface area contributed by atoms with Gasteiger partial charge in [0.05, 0.1) is 19.8 Å². The van der Waals surface area contributed by atoms with E-state index >= 15 is 0 Å². The molecule has 236 valence electrons. The van der Waals surface area contributed by atoms with Gasteiger partial charge in [-0.15, -0.1) is 0 Å². The third-order valence-electron chi connectivity index (χ3n) is 8.95. The second-order valence-corrected chi connectivity index (χ2v) is 12.0. The van der Waals surface area contributed by atoms with E-state index in [4.69, 9.17) is 28.4 Å². The second-order valence-electron chi connectivity index (χ2n) is 12.0. The highest BCUT2D eigenvalue weighted by molar-refractivity contribution is 5.50. The molecule has 0 amide bonds. The van der Waals surface area contributed by atoms with Gasteiger partial charge in [-0.2, -0.15) is 0 Å². The summed E-state index contributed by atoms with van der Waals surface area (Å²) in [7, 11) is 0. The minimum atomic E-state index is -1.49. The van der Waals surface area contributed by atoms with Crippen LogP contribution in [0.4, 0.5) is 0 Å². The molecule has 3 aromatic rings. The monoisotopic (exact) mass is 602 g/mol. The second kappa shape index (κ2) is 15.4. The first-order chi connectivity index (χ1) is 21.7. The molecular weight excluding hydrogens is 556 g/mol. The van der Waals surface area contributed by atoms with Crippen LogP contribution in [0.3, 0.4) is 0 Å². The summed E-state index contributed by atoms with van der Waals surface area (Å²) in [5.41, 5.74) is 0.854. The van der Waals surface area contributed by atoms with E-state index in [1.165, 1.54) is 0 Å². The first kappa shape index (κ1) is 31.1. The molecule has 3 aromatic carbocycles. The topological polar surface area (TPSA) is 75.6 Å². The number of hydrogen-bond acceptors (Lipinski definition) is 7. The Bertz CT molecular complexity index is 1280. The minimum absolute atomic E-state index is 0.226. The maximum absolute atomic E-state index is 13.4. The molecule has 0 saturated carbocycles. The van der Waals surface area contributed by atoms with Crippen LogP contribution in [0, 0.1) is 0 Å². The molecule has 3 heterocycles. The van der Waals surface area contributed by atoms with Gasteiger partial charge in [-0.05, 0) is 69.1 Å². The summed E-state index contributed by atoms with van der Waals surface area (Å²) in [6.45, 7) is 2.49. The van der Waals surface area contributed by atoms with E-state index in [1.807, 2.05) is 72.8 Å². The number of hydrogen-bond donors (Lipinski definition) is 1. The third-order valence-corrected chi connectivity index (χ3v) is 8.95. The quantitative estimate of drug-likeness (QED) is 0.231. The smallest absolute Gasteiger partial charge is 0.199 e. The number of rotatable bonds is 12. The van der Waals surface area contributed by atoms with Crippen molar-refractivity contribution in [3.8, 4) is 11.5 Å². The zero-order chi connectivity index (χ0) is 30.0. The van der Waals surface area contributed by atoms with E-state index in [0.717, 1.165) is 68.9 Å². The fourth-order valence-electron chi connectivity index (χ4n) is 6.64. The molecule has 7 heteroatoms. The van der Waals surface area contributed by atoms with Crippen molar-refractivity contribution in [3.05, 3.63) is 95.6 Å². The van der Waals surface area contributed by atoms with Gasteiger partial charge in [-0.1, -0.05) is 66.7 Å². The van der Waals surface area contributed by atoms with E-state index < -0.39 is 11.5 Å². The predicted octanol–water partition coefficient (Wildman–Crippen LogP) is 7.45. The summed E-state index contributed by atoms with van der Waals surface area (Å²) in [5.74, 6) is 0.869. The Morgan fingerprint density at radius 1 is 0.636 bits per heavy atom. The number of benzene rings is 3. The molecule has 3 aliphatic rings. The average molecular weight is 603 g/mol. The molecule has 7 nitrogen and oxygen atoms in total. The van der Waals surface area contributed by atoms with Crippen LogP contribution in [0.5, 0.6) is 11.5 Å². The molecule has 6 rings (SSSR count). The van der Waals surface area contributed by atoms with Crippen molar-refractivity contribution in [3.63, 3.8) is 0 Å². The summed E-state index contributed by atoms with van der Waals surface area (Å²) in [5, 5.41) is 13.4. The first-order valence-electron chi connectivity index (χ1n) is 16.5. The normalized spacial score (nSPS) is 24.6. The van der Waals surface area contributed by atoms with Crippen LogP contribution in [-0.4, -0.2) is 50.4 Å². The van der Waals surface area contributed by atoms with E-state index in [9.17, 15) is 5.11 Å². The van der Waals surface area contributed by atoms with Gasteiger partial charge in [0, 0.05) is 36.5 Å². The predicted molar refractivity (Wildman–Crippen MR) is 168 cm³/mol. The SMILES string of the molecule is OC(c1ccccc1)(c1ccccc1OC1CCCCO1)C(CCOC1CCCCO1)c1ccccc1OC1CCCCO1. The maximum atomic E-state index is 13.4. The van der Waals surface area contributed by atoms with E-state index in [1.54, 1.807) is 0 Å². The van der Waals surface area contributed by atoms with Crippen molar-refractivity contribution in [2.45, 2.75) is 94.6 Å². The Kier molecular flexibility index (Phi) is 10.8. The summed E-state index contributed by atoms with van der Waals surface area (Å²) in [4.78, 5) is 0. The molecular formula is C37H46O7. The number of aliphatic hydroxyl groups is 1. The molecule has 0 aliphatic carbocycles. The summed E-state index contributed by atoms with van der Waals surface area (Å²) in [6.07, 6.45) is 8.49. The highest BCUT2D eigenvalue weighted by atomic mass is 16.7. The van der Waals surface area contributed by atoms with Crippen LogP contribution < -0.4 is 9.47 Å². The lowest BCUT2D eigenvalue weighted by molar-refractivity contribution is -0.165. The number of ether oxygens (including phenoxy) is 6. The van der Waals surface area contributed by atoms with Gasteiger partial charge in [0.15, 0.2) is 18.9 Å². The number of para-hydroxylation sites is 2. The van der Waals surface area contributed by atoms with Gasteiger partial charge in [-0.25, -0.2) is 0 Å². The molecule has 5 unspecified atom stereocenters. The third kappa shape index (κ3) is 7.47. The fourth-order valence-corrected chi connectivity index (χ4v) is 6.64. The van der Waals surface area contributed by atoms with Gasteiger partial charge in [0.25, 0.3) is 0 Å². The largest absolute Gasteiger partial charge is 0.465 e. The van der Waals surface area contributed by atoms with E-state index in [2.05, 4.69) is 6.07 Å². The molecule has 0 bridgehead atoms. The van der Waals surface area contributed by atoms with Crippen LogP contribution in [0.1, 0.15) is 86.8 Å². The Hall–Kier alpha value is -2.94.